The van der Waals surface area contributed by atoms with Crippen LogP contribution < -0.4 is 5.69 Å². The van der Waals surface area contributed by atoms with Crippen LogP contribution in [0.25, 0.3) is 0 Å². The number of imidazole rings is 1. The van der Waals surface area contributed by atoms with Crippen LogP contribution in [0.2, 0.25) is 10.0 Å². The first-order valence-electron chi connectivity index (χ1n) is 7.43. The van der Waals surface area contributed by atoms with Crippen molar-refractivity contribution in [1.29, 1.82) is 0 Å². The van der Waals surface area contributed by atoms with Crippen molar-refractivity contribution in [2.45, 2.75) is 20.0 Å². The van der Waals surface area contributed by atoms with Crippen LogP contribution in [-0.2, 0) is 13.1 Å². The van der Waals surface area contributed by atoms with Gasteiger partial charge in [-0.3, -0.25) is 9.13 Å². The zero-order valence-corrected chi connectivity index (χ0v) is 14.6. The lowest BCUT2D eigenvalue weighted by Crippen LogP contribution is -2.25. The monoisotopic (exact) mass is 362 g/mol. The molecule has 6 heteroatoms. The van der Waals surface area contributed by atoms with Crippen molar-refractivity contribution in [3.63, 3.8) is 0 Å². The lowest BCUT2D eigenvalue weighted by Gasteiger charge is -2.08. The number of rotatable bonds is 4. The summed E-state index contributed by atoms with van der Waals surface area (Å²) in [6.45, 7) is 2.48. The molecule has 0 spiro atoms. The van der Waals surface area contributed by atoms with Gasteiger partial charge in [0.2, 0.25) is 5.88 Å². The minimum absolute atomic E-state index is 0.0913. The van der Waals surface area contributed by atoms with Crippen molar-refractivity contribution in [2.24, 2.45) is 0 Å². The predicted octanol–water partition coefficient (Wildman–Crippen LogP) is 4.07. The molecule has 0 aliphatic heterocycles. The number of nitrogens with zero attached hydrogens (tertiary/aromatic N) is 2. The Bertz CT molecular complexity index is 924. The Labute approximate surface area is 149 Å². The van der Waals surface area contributed by atoms with E-state index < -0.39 is 0 Å². The molecule has 124 valence electrons. The summed E-state index contributed by atoms with van der Waals surface area (Å²) >= 11 is 12.3. The second kappa shape index (κ2) is 6.75. The third-order valence-electron chi connectivity index (χ3n) is 4.00. The van der Waals surface area contributed by atoms with E-state index in [1.807, 2.05) is 31.2 Å². The van der Waals surface area contributed by atoms with Gasteiger partial charge in [0.15, 0.2) is 0 Å². The molecule has 3 rings (SSSR count). The second-order valence-electron chi connectivity index (χ2n) is 5.61. The van der Waals surface area contributed by atoms with Gasteiger partial charge in [-0.15, -0.1) is 0 Å². The van der Waals surface area contributed by atoms with Gasteiger partial charge in [-0.25, -0.2) is 4.79 Å². The average Bonchev–Trinajstić information content (AvgIpc) is 2.80. The smallest absolute Gasteiger partial charge is 0.331 e. The lowest BCUT2D eigenvalue weighted by atomic mass is 10.1. The Morgan fingerprint density at radius 2 is 1.67 bits per heavy atom. The highest BCUT2D eigenvalue weighted by Gasteiger charge is 2.14. The largest absolute Gasteiger partial charge is 0.493 e. The number of halogens is 2. The van der Waals surface area contributed by atoms with Gasteiger partial charge < -0.3 is 5.11 Å². The number of benzene rings is 2. The van der Waals surface area contributed by atoms with Crippen LogP contribution in [0.3, 0.4) is 0 Å². The van der Waals surface area contributed by atoms with Crippen LogP contribution in [-0.4, -0.2) is 14.2 Å². The van der Waals surface area contributed by atoms with E-state index in [-0.39, 0.29) is 18.1 Å². The Morgan fingerprint density at radius 3 is 2.33 bits per heavy atom. The van der Waals surface area contributed by atoms with E-state index in [0.717, 1.165) is 11.1 Å². The second-order valence-corrected chi connectivity index (χ2v) is 6.43. The molecule has 0 unspecified atom stereocenters. The zero-order valence-electron chi connectivity index (χ0n) is 13.0. The van der Waals surface area contributed by atoms with E-state index in [2.05, 4.69) is 0 Å². The molecular weight excluding hydrogens is 347 g/mol. The minimum atomic E-state index is -0.313. The highest BCUT2D eigenvalue weighted by Crippen LogP contribution is 2.25. The van der Waals surface area contributed by atoms with Crippen molar-refractivity contribution in [1.82, 2.24) is 9.13 Å². The van der Waals surface area contributed by atoms with Crippen LogP contribution >= 0.6 is 23.2 Å². The van der Waals surface area contributed by atoms with E-state index in [9.17, 15) is 9.90 Å². The molecule has 0 radical (unpaired) electrons. The fourth-order valence-corrected chi connectivity index (χ4v) is 3.11. The van der Waals surface area contributed by atoms with Crippen molar-refractivity contribution < 1.29 is 5.11 Å². The fourth-order valence-electron chi connectivity index (χ4n) is 2.59. The van der Waals surface area contributed by atoms with Gasteiger partial charge in [-0.2, -0.15) is 0 Å². The normalized spacial score (nSPS) is 11.0. The summed E-state index contributed by atoms with van der Waals surface area (Å²) in [5, 5.41) is 11.1. The molecule has 0 saturated heterocycles. The number of aromatic nitrogens is 2. The first-order valence-corrected chi connectivity index (χ1v) is 8.19. The summed E-state index contributed by atoms with van der Waals surface area (Å²) < 4.78 is 2.73. The summed E-state index contributed by atoms with van der Waals surface area (Å²) in [6, 6.07) is 12.9. The van der Waals surface area contributed by atoms with Crippen LogP contribution in [0.15, 0.2) is 53.5 Å². The standard InChI is InChI=1S/C18H16Cl2N2O2/c1-12-5-2-3-6-13(12)9-22-17(23)11-21(18(22)24)10-14-15(19)7-4-8-16(14)20/h2-8,11,23H,9-10H2,1H3. The fraction of sp³-hybridized carbons (Fsp3) is 0.167. The molecule has 3 aromatic rings. The summed E-state index contributed by atoms with van der Waals surface area (Å²) in [5.74, 6) is -0.0913. The van der Waals surface area contributed by atoms with Gasteiger partial charge in [0.25, 0.3) is 0 Å². The molecule has 0 atom stereocenters. The van der Waals surface area contributed by atoms with Gasteiger partial charge in [0.1, 0.15) is 0 Å². The Kier molecular flexibility index (Phi) is 4.69. The van der Waals surface area contributed by atoms with Gasteiger partial charge in [-0.05, 0) is 30.2 Å². The number of hydrogen-bond donors (Lipinski definition) is 1. The Hall–Kier alpha value is -2.17. The van der Waals surface area contributed by atoms with Crippen molar-refractivity contribution in [3.05, 3.63) is 85.9 Å². The Balaban J connectivity index is 1.96. The van der Waals surface area contributed by atoms with Crippen LogP contribution in [0.4, 0.5) is 0 Å². The first-order chi connectivity index (χ1) is 11.5. The molecule has 0 saturated carbocycles. The zero-order chi connectivity index (χ0) is 17.3. The quantitative estimate of drug-likeness (QED) is 0.760. The minimum Gasteiger partial charge on any atom is -0.493 e. The van der Waals surface area contributed by atoms with E-state index in [0.29, 0.717) is 22.2 Å². The molecule has 0 fully saturated rings. The highest BCUT2D eigenvalue weighted by molar-refractivity contribution is 6.35. The molecule has 4 nitrogen and oxygen atoms in total. The number of hydrogen-bond acceptors (Lipinski definition) is 2. The molecular formula is C18H16Cl2N2O2. The first kappa shape index (κ1) is 16.7. The van der Waals surface area contributed by atoms with E-state index in [1.54, 1.807) is 18.2 Å². The summed E-state index contributed by atoms with van der Waals surface area (Å²) in [4.78, 5) is 12.6. The third kappa shape index (κ3) is 3.21. The highest BCUT2D eigenvalue weighted by atomic mass is 35.5. The Morgan fingerprint density at radius 1 is 1.00 bits per heavy atom. The van der Waals surface area contributed by atoms with Crippen molar-refractivity contribution >= 4 is 23.2 Å². The van der Waals surface area contributed by atoms with Crippen molar-refractivity contribution in [3.8, 4) is 5.88 Å². The van der Waals surface area contributed by atoms with Crippen LogP contribution in [0.5, 0.6) is 5.88 Å². The summed E-state index contributed by atoms with van der Waals surface area (Å²) in [6.07, 6.45) is 1.40. The topological polar surface area (TPSA) is 47.2 Å². The summed E-state index contributed by atoms with van der Waals surface area (Å²) in [5.41, 5.74) is 2.37. The maximum Gasteiger partial charge on any atom is 0.331 e. The number of aryl methyl sites for hydroxylation is 1. The molecule has 0 amide bonds. The summed E-state index contributed by atoms with van der Waals surface area (Å²) in [7, 11) is 0. The molecule has 1 N–H and O–H groups in total. The van der Waals surface area contributed by atoms with E-state index in [1.165, 1.54) is 15.3 Å². The van der Waals surface area contributed by atoms with E-state index in [4.69, 9.17) is 23.2 Å². The maximum absolute atomic E-state index is 12.6. The van der Waals surface area contributed by atoms with Gasteiger partial charge in [0.05, 0.1) is 19.3 Å². The molecule has 0 bridgehead atoms. The van der Waals surface area contributed by atoms with Gasteiger partial charge in [-0.1, -0.05) is 53.5 Å². The molecule has 1 heterocycles. The average molecular weight is 363 g/mol. The molecule has 24 heavy (non-hydrogen) atoms. The van der Waals surface area contributed by atoms with E-state index >= 15 is 0 Å². The molecule has 2 aromatic carbocycles. The maximum atomic E-state index is 12.6. The third-order valence-corrected chi connectivity index (χ3v) is 4.71. The van der Waals surface area contributed by atoms with Crippen LogP contribution in [0.1, 0.15) is 16.7 Å². The predicted molar refractivity (Wildman–Crippen MR) is 96.2 cm³/mol. The SMILES string of the molecule is Cc1ccccc1Cn1c(O)cn(Cc2c(Cl)cccc2Cl)c1=O. The number of aromatic hydroxyl groups is 1. The van der Waals surface area contributed by atoms with Gasteiger partial charge in [0, 0.05) is 15.6 Å². The molecule has 0 aliphatic carbocycles. The van der Waals surface area contributed by atoms with Crippen molar-refractivity contribution in [2.75, 3.05) is 0 Å². The molecule has 0 aliphatic rings. The molecule has 1 aromatic heterocycles. The van der Waals surface area contributed by atoms with Crippen LogP contribution in [0, 0.1) is 6.92 Å². The van der Waals surface area contributed by atoms with Gasteiger partial charge >= 0.3 is 5.69 Å². The lowest BCUT2D eigenvalue weighted by molar-refractivity contribution is 0.421.